The molecule has 122 valence electrons. The van der Waals surface area contributed by atoms with Crippen molar-refractivity contribution in [2.45, 2.75) is 0 Å². The van der Waals surface area contributed by atoms with E-state index in [9.17, 15) is 9.90 Å². The number of hydrogen-bond acceptors (Lipinski definition) is 5. The normalized spacial score (nSPS) is 21.1. The summed E-state index contributed by atoms with van der Waals surface area (Å²) in [5, 5.41) is 19.1. The Morgan fingerprint density at radius 1 is 1.26 bits per heavy atom. The van der Waals surface area contributed by atoms with Crippen molar-refractivity contribution in [2.75, 3.05) is 39.3 Å². The summed E-state index contributed by atoms with van der Waals surface area (Å²) in [7, 11) is 0. The van der Waals surface area contributed by atoms with Crippen LogP contribution in [0.1, 0.15) is 5.56 Å². The van der Waals surface area contributed by atoms with E-state index in [0.29, 0.717) is 4.91 Å². The second kappa shape index (κ2) is 7.16. The van der Waals surface area contributed by atoms with E-state index in [2.05, 4.69) is 9.89 Å². The zero-order valence-electron chi connectivity index (χ0n) is 12.7. The SMILES string of the molecule is O=C1N=C(N2CC[NH+](CCO)CC2)SC1=Cc1ccc(O)cc1. The third-order valence-electron chi connectivity index (χ3n) is 4.01. The van der Waals surface area contributed by atoms with Gasteiger partial charge in [-0.25, -0.2) is 0 Å². The third kappa shape index (κ3) is 3.93. The molecule has 0 spiro atoms. The summed E-state index contributed by atoms with van der Waals surface area (Å²) in [6.45, 7) is 4.58. The van der Waals surface area contributed by atoms with Gasteiger partial charge in [-0.2, -0.15) is 4.99 Å². The first-order valence-electron chi connectivity index (χ1n) is 7.66. The molecule has 0 aromatic heterocycles. The van der Waals surface area contributed by atoms with E-state index in [4.69, 9.17) is 5.11 Å². The predicted molar refractivity (Wildman–Crippen MR) is 90.3 cm³/mol. The molecule has 1 amide bonds. The molecule has 1 aromatic rings. The quantitative estimate of drug-likeness (QED) is 0.653. The van der Waals surface area contributed by atoms with Gasteiger partial charge >= 0.3 is 0 Å². The Hall–Kier alpha value is -1.83. The van der Waals surface area contributed by atoms with Crippen LogP contribution >= 0.6 is 11.8 Å². The number of thioether (sulfide) groups is 1. The number of aliphatic imine (C=N–C) groups is 1. The lowest BCUT2D eigenvalue weighted by molar-refractivity contribution is -0.904. The second-order valence-electron chi connectivity index (χ2n) is 5.61. The zero-order chi connectivity index (χ0) is 16.2. The number of carbonyl (C=O) groups is 1. The first-order valence-corrected chi connectivity index (χ1v) is 8.48. The van der Waals surface area contributed by atoms with E-state index in [1.165, 1.54) is 16.7 Å². The number of piperazine rings is 1. The van der Waals surface area contributed by atoms with Crippen molar-refractivity contribution in [1.82, 2.24) is 4.90 Å². The molecular formula is C16H20N3O3S+. The van der Waals surface area contributed by atoms with Crippen molar-refractivity contribution in [3.8, 4) is 5.75 Å². The van der Waals surface area contributed by atoms with Crippen molar-refractivity contribution in [1.29, 1.82) is 0 Å². The number of phenolic OH excluding ortho intramolecular Hbond substituents is 1. The summed E-state index contributed by atoms with van der Waals surface area (Å²) in [5.41, 5.74) is 0.868. The molecule has 0 radical (unpaired) electrons. The fraction of sp³-hybridized carbons (Fsp3) is 0.375. The van der Waals surface area contributed by atoms with Gasteiger partial charge in [0.05, 0.1) is 37.7 Å². The smallest absolute Gasteiger partial charge is 0.286 e. The maximum absolute atomic E-state index is 12.1. The van der Waals surface area contributed by atoms with Gasteiger partial charge in [0.25, 0.3) is 5.91 Å². The summed E-state index contributed by atoms with van der Waals surface area (Å²) in [5.74, 6) is 0.000880. The Bertz CT molecular complexity index is 634. The van der Waals surface area contributed by atoms with Crippen LogP contribution in [0.5, 0.6) is 5.75 Å². The highest BCUT2D eigenvalue weighted by Gasteiger charge is 2.29. The standard InChI is InChI=1S/C16H19N3O3S/c20-10-9-18-5-7-19(8-6-18)16-17-15(22)14(23-16)11-12-1-3-13(21)4-2-12/h1-4,11,20-21H,5-10H2/p+1. The number of aliphatic hydroxyl groups excluding tert-OH is 1. The number of benzene rings is 1. The van der Waals surface area contributed by atoms with Gasteiger partial charge in [0.2, 0.25) is 0 Å². The van der Waals surface area contributed by atoms with Crippen molar-refractivity contribution >= 4 is 28.9 Å². The first-order chi connectivity index (χ1) is 11.2. The van der Waals surface area contributed by atoms with Gasteiger partial charge in [-0.05, 0) is 35.5 Å². The summed E-state index contributed by atoms with van der Waals surface area (Å²) < 4.78 is 0. The number of aliphatic hydroxyl groups is 1. The molecule has 0 atom stereocenters. The first kappa shape index (κ1) is 16.0. The average molecular weight is 334 g/mol. The summed E-state index contributed by atoms with van der Waals surface area (Å²) >= 11 is 1.41. The number of amides is 1. The summed E-state index contributed by atoms with van der Waals surface area (Å²) in [4.78, 5) is 20.4. The number of nitrogens with zero attached hydrogens (tertiary/aromatic N) is 2. The minimum atomic E-state index is -0.205. The van der Waals surface area contributed by atoms with E-state index in [1.54, 1.807) is 30.3 Å². The maximum Gasteiger partial charge on any atom is 0.286 e. The lowest BCUT2D eigenvalue weighted by atomic mass is 10.2. The molecule has 0 aliphatic carbocycles. The average Bonchev–Trinajstić information content (AvgIpc) is 2.92. The van der Waals surface area contributed by atoms with Gasteiger partial charge in [-0.1, -0.05) is 12.1 Å². The van der Waals surface area contributed by atoms with Gasteiger partial charge in [-0.3, -0.25) is 4.79 Å². The topological polar surface area (TPSA) is 77.6 Å². The molecule has 1 aromatic carbocycles. The monoisotopic (exact) mass is 334 g/mol. The lowest BCUT2D eigenvalue weighted by Gasteiger charge is -2.32. The highest BCUT2D eigenvalue weighted by molar-refractivity contribution is 8.18. The molecule has 2 aliphatic heterocycles. The van der Waals surface area contributed by atoms with Crippen LogP contribution < -0.4 is 4.90 Å². The number of phenols is 1. The number of quaternary nitrogens is 1. The Labute approximate surface area is 139 Å². The van der Waals surface area contributed by atoms with Gasteiger partial charge in [0.1, 0.15) is 12.3 Å². The van der Waals surface area contributed by atoms with Crippen LogP contribution in [0, 0.1) is 0 Å². The van der Waals surface area contributed by atoms with Crippen LogP contribution in [0.2, 0.25) is 0 Å². The molecule has 7 heteroatoms. The Morgan fingerprint density at radius 3 is 2.61 bits per heavy atom. The molecule has 1 saturated heterocycles. The highest BCUT2D eigenvalue weighted by Crippen LogP contribution is 2.30. The number of carbonyl (C=O) groups excluding carboxylic acids is 1. The minimum Gasteiger partial charge on any atom is -0.508 e. The summed E-state index contributed by atoms with van der Waals surface area (Å²) in [6.07, 6.45) is 1.80. The van der Waals surface area contributed by atoms with E-state index >= 15 is 0 Å². The van der Waals surface area contributed by atoms with Crippen LogP contribution in [0.25, 0.3) is 6.08 Å². The minimum absolute atomic E-state index is 0.205. The number of rotatable bonds is 3. The van der Waals surface area contributed by atoms with E-state index < -0.39 is 0 Å². The Balaban J connectivity index is 1.63. The molecule has 0 bridgehead atoms. The molecule has 3 rings (SSSR count). The van der Waals surface area contributed by atoms with Crippen LogP contribution in [0.15, 0.2) is 34.2 Å². The molecule has 0 unspecified atom stereocenters. The second-order valence-corrected chi connectivity index (χ2v) is 6.62. The molecule has 1 fully saturated rings. The van der Waals surface area contributed by atoms with Gasteiger partial charge in [-0.15, -0.1) is 0 Å². The molecule has 2 aliphatic rings. The molecule has 6 nitrogen and oxygen atoms in total. The third-order valence-corrected chi connectivity index (χ3v) is 5.05. The number of amidine groups is 1. The van der Waals surface area contributed by atoms with E-state index in [-0.39, 0.29) is 18.3 Å². The van der Waals surface area contributed by atoms with E-state index in [0.717, 1.165) is 43.5 Å². The van der Waals surface area contributed by atoms with E-state index in [1.807, 2.05) is 0 Å². The largest absolute Gasteiger partial charge is 0.508 e. The Morgan fingerprint density at radius 2 is 1.96 bits per heavy atom. The fourth-order valence-electron chi connectivity index (χ4n) is 2.68. The Kier molecular flexibility index (Phi) is 5.00. The van der Waals surface area contributed by atoms with Crippen LogP contribution in [-0.4, -0.2) is 65.5 Å². The molecule has 23 heavy (non-hydrogen) atoms. The van der Waals surface area contributed by atoms with Gasteiger partial charge in [0.15, 0.2) is 5.17 Å². The number of hydrogen-bond donors (Lipinski definition) is 3. The van der Waals surface area contributed by atoms with Crippen LogP contribution in [-0.2, 0) is 4.79 Å². The maximum atomic E-state index is 12.1. The molecule has 3 N–H and O–H groups in total. The van der Waals surface area contributed by atoms with Crippen LogP contribution in [0.3, 0.4) is 0 Å². The predicted octanol–water partition coefficient (Wildman–Crippen LogP) is -0.445. The van der Waals surface area contributed by atoms with Crippen molar-refractivity contribution in [3.05, 3.63) is 34.7 Å². The molecule has 2 heterocycles. The molecular weight excluding hydrogens is 314 g/mol. The van der Waals surface area contributed by atoms with Gasteiger partial charge < -0.3 is 20.0 Å². The van der Waals surface area contributed by atoms with Crippen LogP contribution in [0.4, 0.5) is 0 Å². The zero-order valence-corrected chi connectivity index (χ0v) is 13.6. The lowest BCUT2D eigenvalue weighted by Crippen LogP contribution is -3.15. The fourth-order valence-corrected chi connectivity index (χ4v) is 3.64. The summed E-state index contributed by atoms with van der Waals surface area (Å²) in [6, 6.07) is 6.74. The van der Waals surface area contributed by atoms with Gasteiger partial charge in [0, 0.05) is 0 Å². The van der Waals surface area contributed by atoms with Crippen molar-refractivity contribution in [3.63, 3.8) is 0 Å². The number of aromatic hydroxyl groups is 1. The number of nitrogens with one attached hydrogen (secondary N) is 1. The highest BCUT2D eigenvalue weighted by atomic mass is 32.2. The molecule has 0 saturated carbocycles. The van der Waals surface area contributed by atoms with Crippen molar-refractivity contribution in [2.24, 2.45) is 4.99 Å². The van der Waals surface area contributed by atoms with Crippen molar-refractivity contribution < 1.29 is 19.9 Å².